The third kappa shape index (κ3) is 4.03. The minimum absolute atomic E-state index is 0.0945. The number of nitrogens with one attached hydrogen (secondary N) is 1. The molecule has 6 nitrogen and oxygen atoms in total. The first kappa shape index (κ1) is 20.4. The van der Waals surface area contributed by atoms with Crippen LogP contribution in [0.15, 0.2) is 52.4 Å². The number of carbonyl (C=O) groups is 1. The van der Waals surface area contributed by atoms with Gasteiger partial charge in [0.05, 0.1) is 32.0 Å². The molecule has 30 heavy (non-hydrogen) atoms. The fourth-order valence-corrected chi connectivity index (χ4v) is 4.25. The van der Waals surface area contributed by atoms with Gasteiger partial charge in [-0.25, -0.2) is 9.37 Å². The van der Waals surface area contributed by atoms with E-state index in [0.29, 0.717) is 16.0 Å². The van der Waals surface area contributed by atoms with Gasteiger partial charge in [-0.15, -0.1) is 11.3 Å². The Morgan fingerprint density at radius 3 is 2.73 bits per heavy atom. The Labute approximate surface area is 184 Å². The zero-order valence-electron chi connectivity index (χ0n) is 16.1. The molecule has 154 valence electrons. The average molecular weight is 490 g/mol. The minimum atomic E-state index is -0.494. The van der Waals surface area contributed by atoms with Crippen LogP contribution in [0.25, 0.3) is 16.2 Å². The van der Waals surface area contributed by atoms with Crippen LogP contribution >= 0.6 is 27.3 Å². The number of halogens is 2. The summed E-state index contributed by atoms with van der Waals surface area (Å²) in [6, 6.07) is 10.1. The molecule has 0 bridgehead atoms. The molecule has 4 rings (SSSR count). The summed E-state index contributed by atoms with van der Waals surface area (Å²) in [5.74, 6) is 0.450. The fourth-order valence-electron chi connectivity index (χ4n) is 3.04. The van der Waals surface area contributed by atoms with E-state index in [1.54, 1.807) is 20.3 Å². The van der Waals surface area contributed by atoms with E-state index < -0.39 is 5.82 Å². The summed E-state index contributed by atoms with van der Waals surface area (Å²) in [7, 11) is 3.17. The van der Waals surface area contributed by atoms with Crippen LogP contribution < -0.4 is 14.8 Å². The standard InChI is InChI=1S/C21H17BrFN3O3S/c1-28-18-6-3-12(7-19(18)29-2)17-10-26-14(11-30-21(26)25-17)9-20(27)24-16-5-4-13(22)8-15(16)23/h3-8,10-11H,9H2,1-2H3,(H,24,27). The molecule has 0 atom stereocenters. The van der Waals surface area contributed by atoms with Crippen molar-refractivity contribution in [1.29, 1.82) is 0 Å². The molecule has 2 aromatic carbocycles. The lowest BCUT2D eigenvalue weighted by Gasteiger charge is -2.08. The van der Waals surface area contributed by atoms with Crippen molar-refractivity contribution in [3.05, 3.63) is 64.0 Å². The van der Waals surface area contributed by atoms with Crippen LogP contribution in [-0.4, -0.2) is 29.5 Å². The van der Waals surface area contributed by atoms with Gasteiger partial charge in [-0.05, 0) is 36.4 Å². The van der Waals surface area contributed by atoms with E-state index in [1.807, 2.05) is 34.2 Å². The Kier molecular flexibility index (Phi) is 5.74. The van der Waals surface area contributed by atoms with E-state index in [9.17, 15) is 9.18 Å². The van der Waals surface area contributed by atoms with Gasteiger partial charge >= 0.3 is 0 Å². The van der Waals surface area contributed by atoms with E-state index in [4.69, 9.17) is 9.47 Å². The Bertz CT molecular complexity index is 1240. The second-order valence-corrected chi connectivity index (χ2v) is 8.18. The summed E-state index contributed by atoms with van der Waals surface area (Å²) in [5.41, 5.74) is 2.54. The van der Waals surface area contributed by atoms with Gasteiger partial charge in [-0.1, -0.05) is 15.9 Å². The maximum absolute atomic E-state index is 14.0. The highest BCUT2D eigenvalue weighted by Crippen LogP contribution is 2.33. The molecule has 0 unspecified atom stereocenters. The number of methoxy groups -OCH3 is 2. The lowest BCUT2D eigenvalue weighted by atomic mass is 10.1. The molecule has 0 saturated carbocycles. The number of carbonyl (C=O) groups excluding carboxylic acids is 1. The zero-order chi connectivity index (χ0) is 21.3. The second kappa shape index (κ2) is 8.45. The first-order valence-corrected chi connectivity index (χ1v) is 10.6. The molecule has 0 spiro atoms. The Balaban J connectivity index is 1.56. The van der Waals surface area contributed by atoms with Crippen LogP contribution in [0.3, 0.4) is 0 Å². The predicted octanol–water partition coefficient (Wildman–Crippen LogP) is 5.16. The van der Waals surface area contributed by atoms with Gasteiger partial charge in [0.25, 0.3) is 0 Å². The number of anilines is 1. The minimum Gasteiger partial charge on any atom is -0.493 e. The summed E-state index contributed by atoms with van der Waals surface area (Å²) in [6.07, 6.45) is 1.97. The van der Waals surface area contributed by atoms with Crippen molar-refractivity contribution in [2.75, 3.05) is 19.5 Å². The molecule has 0 aliphatic heterocycles. The highest BCUT2D eigenvalue weighted by Gasteiger charge is 2.15. The maximum Gasteiger partial charge on any atom is 0.230 e. The molecule has 0 aliphatic carbocycles. The molecule has 0 radical (unpaired) electrons. The zero-order valence-corrected chi connectivity index (χ0v) is 18.5. The fraction of sp³-hybridized carbons (Fsp3) is 0.143. The van der Waals surface area contributed by atoms with Gasteiger partial charge in [0.15, 0.2) is 16.5 Å². The van der Waals surface area contributed by atoms with Crippen LogP contribution in [-0.2, 0) is 11.2 Å². The summed E-state index contributed by atoms with van der Waals surface area (Å²) < 4.78 is 27.1. The van der Waals surface area contributed by atoms with E-state index in [1.165, 1.54) is 23.5 Å². The van der Waals surface area contributed by atoms with Crippen LogP contribution in [0.2, 0.25) is 0 Å². The van der Waals surface area contributed by atoms with Crippen molar-refractivity contribution in [1.82, 2.24) is 9.38 Å². The number of aromatic nitrogens is 2. The topological polar surface area (TPSA) is 64.9 Å². The molecule has 4 aromatic rings. The molecular weight excluding hydrogens is 473 g/mol. The molecule has 2 heterocycles. The predicted molar refractivity (Wildman–Crippen MR) is 118 cm³/mol. The van der Waals surface area contributed by atoms with Crippen molar-refractivity contribution in [3.8, 4) is 22.8 Å². The lowest BCUT2D eigenvalue weighted by molar-refractivity contribution is -0.115. The molecule has 1 N–H and O–H groups in total. The van der Waals surface area contributed by atoms with Crippen molar-refractivity contribution in [3.63, 3.8) is 0 Å². The summed E-state index contributed by atoms with van der Waals surface area (Å²) in [4.78, 5) is 17.8. The number of hydrogen-bond donors (Lipinski definition) is 1. The number of amides is 1. The molecule has 0 aliphatic rings. The van der Waals surface area contributed by atoms with E-state index in [-0.39, 0.29) is 18.0 Å². The first-order valence-electron chi connectivity index (χ1n) is 8.91. The van der Waals surface area contributed by atoms with Crippen molar-refractivity contribution in [2.45, 2.75) is 6.42 Å². The summed E-state index contributed by atoms with van der Waals surface area (Å²) in [6.45, 7) is 0. The van der Waals surface area contributed by atoms with Crippen LogP contribution in [0.1, 0.15) is 5.69 Å². The van der Waals surface area contributed by atoms with Gasteiger partial charge in [-0.2, -0.15) is 0 Å². The Hall–Kier alpha value is -2.91. The summed E-state index contributed by atoms with van der Waals surface area (Å²) >= 11 is 4.64. The van der Waals surface area contributed by atoms with Crippen LogP contribution in [0.4, 0.5) is 10.1 Å². The second-order valence-electron chi connectivity index (χ2n) is 6.42. The average Bonchev–Trinajstić information content (AvgIpc) is 3.31. The smallest absolute Gasteiger partial charge is 0.230 e. The SMILES string of the molecule is COc1ccc(-c2cn3c(CC(=O)Nc4ccc(Br)cc4F)csc3n2)cc1OC. The summed E-state index contributed by atoms with van der Waals surface area (Å²) in [5, 5.41) is 4.49. The van der Waals surface area contributed by atoms with Gasteiger partial charge in [0, 0.05) is 27.3 Å². The van der Waals surface area contributed by atoms with Crippen molar-refractivity contribution >= 4 is 43.8 Å². The molecule has 0 fully saturated rings. The molecule has 9 heteroatoms. The van der Waals surface area contributed by atoms with Gasteiger partial charge in [0.1, 0.15) is 5.82 Å². The number of thiazole rings is 1. The number of ether oxygens (including phenoxy) is 2. The Morgan fingerprint density at radius 1 is 1.20 bits per heavy atom. The number of rotatable bonds is 6. The van der Waals surface area contributed by atoms with Crippen molar-refractivity contribution < 1.29 is 18.7 Å². The lowest BCUT2D eigenvalue weighted by Crippen LogP contribution is -2.16. The largest absolute Gasteiger partial charge is 0.493 e. The van der Waals surface area contributed by atoms with Crippen molar-refractivity contribution in [2.24, 2.45) is 0 Å². The maximum atomic E-state index is 14.0. The van der Waals surface area contributed by atoms with E-state index in [0.717, 1.165) is 21.9 Å². The number of hydrogen-bond acceptors (Lipinski definition) is 5. The highest BCUT2D eigenvalue weighted by atomic mass is 79.9. The third-order valence-electron chi connectivity index (χ3n) is 4.51. The van der Waals surface area contributed by atoms with E-state index in [2.05, 4.69) is 26.2 Å². The number of nitrogens with zero attached hydrogens (tertiary/aromatic N) is 2. The third-order valence-corrected chi connectivity index (χ3v) is 5.89. The monoisotopic (exact) mass is 489 g/mol. The molecule has 2 aromatic heterocycles. The quantitative estimate of drug-likeness (QED) is 0.406. The first-order chi connectivity index (χ1) is 14.5. The van der Waals surface area contributed by atoms with Gasteiger partial charge < -0.3 is 14.8 Å². The number of benzene rings is 2. The Morgan fingerprint density at radius 2 is 2.00 bits per heavy atom. The van der Waals surface area contributed by atoms with E-state index >= 15 is 0 Å². The van der Waals surface area contributed by atoms with Gasteiger partial charge in [0.2, 0.25) is 5.91 Å². The van der Waals surface area contributed by atoms with Gasteiger partial charge in [-0.3, -0.25) is 9.20 Å². The van der Waals surface area contributed by atoms with Crippen LogP contribution in [0.5, 0.6) is 11.5 Å². The van der Waals surface area contributed by atoms with Crippen LogP contribution in [0, 0.1) is 5.82 Å². The number of fused-ring (bicyclic) bond motifs is 1. The normalized spacial score (nSPS) is 10.9. The molecular formula is C21H17BrFN3O3S. The highest BCUT2D eigenvalue weighted by molar-refractivity contribution is 9.10. The molecule has 1 amide bonds. The number of imidazole rings is 1. The molecule has 0 saturated heterocycles.